The van der Waals surface area contributed by atoms with Gasteiger partial charge in [0.05, 0.1) is 22.9 Å². The SMILES string of the molecule is N#Cc1cnn2ccn([C@@H]3O[C@H](COC(=O)c4ccccc4)[C@@H](OC(=O)c4ccccc4)[C@@H]3OC(=O)c3ccccc3)c12. The van der Waals surface area contributed by atoms with Gasteiger partial charge in [-0.3, -0.25) is 0 Å². The number of ether oxygens (including phenoxy) is 4. The number of nitriles is 1. The smallest absolute Gasteiger partial charge is 0.338 e. The summed E-state index contributed by atoms with van der Waals surface area (Å²) in [6.07, 6.45) is 0.0910. The van der Waals surface area contributed by atoms with Crippen molar-refractivity contribution in [3.63, 3.8) is 0 Å². The second-order valence-electron chi connectivity index (χ2n) is 9.65. The van der Waals surface area contributed by atoms with Crippen LogP contribution >= 0.6 is 0 Å². The van der Waals surface area contributed by atoms with Gasteiger partial charge in [0.2, 0.25) is 0 Å². The largest absolute Gasteiger partial charge is 0.459 e. The van der Waals surface area contributed by atoms with Gasteiger partial charge in [-0.1, -0.05) is 54.6 Å². The molecule has 0 bridgehead atoms. The second-order valence-corrected chi connectivity index (χ2v) is 9.65. The van der Waals surface area contributed by atoms with Crippen LogP contribution in [0, 0.1) is 11.3 Å². The van der Waals surface area contributed by atoms with E-state index >= 15 is 0 Å². The molecule has 11 nitrogen and oxygen atoms in total. The molecule has 1 saturated heterocycles. The molecule has 6 rings (SSSR count). The minimum Gasteiger partial charge on any atom is -0.459 e. The number of fused-ring (bicyclic) bond motifs is 1. The molecule has 3 heterocycles. The van der Waals surface area contributed by atoms with Crippen LogP contribution in [0.5, 0.6) is 0 Å². The summed E-state index contributed by atoms with van der Waals surface area (Å²) in [4.78, 5) is 39.4. The minimum atomic E-state index is -1.21. The lowest BCUT2D eigenvalue weighted by molar-refractivity contribution is -0.0604. The predicted octanol–water partition coefficient (Wildman–Crippen LogP) is 4.21. The van der Waals surface area contributed by atoms with E-state index in [-0.39, 0.29) is 23.3 Å². The molecule has 1 aliphatic rings. The summed E-state index contributed by atoms with van der Waals surface area (Å²) in [5, 5.41) is 13.9. The number of esters is 3. The lowest BCUT2D eigenvalue weighted by Crippen LogP contribution is -2.41. The Labute approximate surface area is 245 Å². The van der Waals surface area contributed by atoms with E-state index < -0.39 is 42.4 Å². The Morgan fingerprint density at radius 2 is 1.30 bits per heavy atom. The highest BCUT2D eigenvalue weighted by atomic mass is 16.7. The zero-order valence-electron chi connectivity index (χ0n) is 22.6. The molecule has 0 radical (unpaired) electrons. The first-order chi connectivity index (χ1) is 21.0. The fraction of sp³-hybridized carbons (Fsp3) is 0.156. The Bertz CT molecular complexity index is 1800. The van der Waals surface area contributed by atoms with Crippen molar-refractivity contribution in [3.05, 3.63) is 132 Å². The summed E-state index contributed by atoms with van der Waals surface area (Å²) >= 11 is 0. The molecule has 4 atom stereocenters. The van der Waals surface area contributed by atoms with Crippen molar-refractivity contribution in [3.8, 4) is 6.07 Å². The van der Waals surface area contributed by atoms with Crippen molar-refractivity contribution in [1.29, 1.82) is 5.26 Å². The Hall–Kier alpha value is -5.73. The van der Waals surface area contributed by atoms with Gasteiger partial charge in [-0.2, -0.15) is 10.4 Å². The first-order valence-corrected chi connectivity index (χ1v) is 13.4. The van der Waals surface area contributed by atoms with Gasteiger partial charge in [-0.15, -0.1) is 0 Å². The number of hydrogen-bond donors (Lipinski definition) is 0. The maximum atomic E-state index is 13.3. The quantitative estimate of drug-likeness (QED) is 0.197. The molecule has 0 N–H and O–H groups in total. The third-order valence-corrected chi connectivity index (χ3v) is 6.96. The number of rotatable bonds is 8. The average molecular weight is 577 g/mol. The third kappa shape index (κ3) is 5.59. The van der Waals surface area contributed by atoms with Gasteiger partial charge >= 0.3 is 17.9 Å². The Morgan fingerprint density at radius 1 is 0.767 bits per heavy atom. The van der Waals surface area contributed by atoms with E-state index in [0.29, 0.717) is 11.2 Å². The molecule has 11 heteroatoms. The predicted molar refractivity (Wildman–Crippen MR) is 150 cm³/mol. The molecule has 2 aromatic heterocycles. The van der Waals surface area contributed by atoms with Crippen LogP contribution in [0.4, 0.5) is 0 Å². The summed E-state index contributed by atoms with van der Waals surface area (Å²) in [5.74, 6) is -1.97. The van der Waals surface area contributed by atoms with Gasteiger partial charge in [0.1, 0.15) is 24.3 Å². The van der Waals surface area contributed by atoms with E-state index in [4.69, 9.17) is 18.9 Å². The lowest BCUT2D eigenvalue weighted by atomic mass is 10.1. The number of carbonyl (C=O) groups excluding carboxylic acids is 3. The molecule has 0 spiro atoms. The summed E-state index contributed by atoms with van der Waals surface area (Å²) in [5.41, 5.74) is 1.49. The van der Waals surface area contributed by atoms with E-state index in [1.165, 1.54) is 10.7 Å². The molecule has 1 aliphatic heterocycles. The van der Waals surface area contributed by atoms with E-state index in [2.05, 4.69) is 11.2 Å². The molecule has 214 valence electrons. The van der Waals surface area contributed by atoms with Crippen LogP contribution in [0.3, 0.4) is 0 Å². The molecule has 0 amide bonds. The first kappa shape index (κ1) is 27.4. The van der Waals surface area contributed by atoms with Gasteiger partial charge < -0.3 is 23.5 Å². The van der Waals surface area contributed by atoms with Gasteiger partial charge in [-0.05, 0) is 36.4 Å². The number of carbonyl (C=O) groups is 3. The molecule has 43 heavy (non-hydrogen) atoms. The number of hydrogen-bond acceptors (Lipinski definition) is 9. The molecular weight excluding hydrogens is 552 g/mol. The van der Waals surface area contributed by atoms with Crippen LogP contribution < -0.4 is 0 Å². The summed E-state index contributed by atoms with van der Waals surface area (Å²) in [6, 6.07) is 27.2. The normalized spacial score (nSPS) is 19.4. The Kier molecular flexibility index (Phi) is 7.67. The van der Waals surface area contributed by atoms with Crippen LogP contribution in [0.25, 0.3) is 5.65 Å². The fourth-order valence-electron chi connectivity index (χ4n) is 4.89. The highest BCUT2D eigenvalue weighted by Crippen LogP contribution is 2.37. The minimum absolute atomic E-state index is 0.249. The number of aromatic nitrogens is 3. The van der Waals surface area contributed by atoms with E-state index in [1.807, 2.05) is 0 Å². The Balaban J connectivity index is 1.38. The number of nitrogens with zero attached hydrogens (tertiary/aromatic N) is 4. The monoisotopic (exact) mass is 576 g/mol. The molecule has 3 aromatic carbocycles. The van der Waals surface area contributed by atoms with E-state index in [9.17, 15) is 19.6 Å². The van der Waals surface area contributed by atoms with Crippen molar-refractivity contribution in [1.82, 2.24) is 14.2 Å². The van der Waals surface area contributed by atoms with Crippen molar-refractivity contribution >= 4 is 23.6 Å². The highest BCUT2D eigenvalue weighted by molar-refractivity contribution is 5.91. The molecule has 0 unspecified atom stereocenters. The van der Waals surface area contributed by atoms with Crippen molar-refractivity contribution < 1.29 is 33.3 Å². The summed E-state index contributed by atoms with van der Waals surface area (Å²) in [6.45, 7) is -0.321. The first-order valence-electron chi connectivity index (χ1n) is 13.4. The molecule has 5 aromatic rings. The summed E-state index contributed by atoms with van der Waals surface area (Å²) < 4.78 is 26.9. The van der Waals surface area contributed by atoms with Crippen LogP contribution in [-0.2, 0) is 18.9 Å². The standard InChI is InChI=1S/C32H24N4O7/c33-18-24-19-34-36-17-16-35(28(24)36)29-27(43-32(39)23-14-8-3-9-15-23)26(42-31(38)22-12-6-2-7-13-22)25(41-29)20-40-30(37)21-10-4-1-5-11-21/h1-17,19,25-27,29H,20H2/t25-,26-,27+,29-/m1/s1. The maximum absolute atomic E-state index is 13.3. The van der Waals surface area contributed by atoms with Crippen molar-refractivity contribution in [2.24, 2.45) is 0 Å². The topological polar surface area (TPSA) is 134 Å². The molecule has 0 aliphatic carbocycles. The van der Waals surface area contributed by atoms with Gasteiger partial charge in [0.25, 0.3) is 0 Å². The van der Waals surface area contributed by atoms with Crippen LogP contribution in [0.1, 0.15) is 42.9 Å². The molecule has 0 saturated carbocycles. The zero-order valence-corrected chi connectivity index (χ0v) is 22.6. The van der Waals surface area contributed by atoms with E-state index in [1.54, 1.807) is 108 Å². The summed E-state index contributed by atoms with van der Waals surface area (Å²) in [7, 11) is 0. The van der Waals surface area contributed by atoms with E-state index in [0.717, 1.165) is 0 Å². The van der Waals surface area contributed by atoms with Crippen LogP contribution in [0.2, 0.25) is 0 Å². The van der Waals surface area contributed by atoms with Crippen molar-refractivity contribution in [2.45, 2.75) is 24.5 Å². The zero-order chi connectivity index (χ0) is 29.8. The van der Waals surface area contributed by atoms with Crippen molar-refractivity contribution in [2.75, 3.05) is 6.61 Å². The van der Waals surface area contributed by atoms with Gasteiger partial charge in [-0.25, -0.2) is 18.9 Å². The molecule has 1 fully saturated rings. The van der Waals surface area contributed by atoms with Gasteiger partial charge in [0, 0.05) is 12.4 Å². The third-order valence-electron chi connectivity index (χ3n) is 6.96. The fourth-order valence-corrected chi connectivity index (χ4v) is 4.89. The second kappa shape index (κ2) is 12.0. The lowest BCUT2D eigenvalue weighted by Gasteiger charge is -2.25. The highest BCUT2D eigenvalue weighted by Gasteiger charge is 2.51. The Morgan fingerprint density at radius 3 is 1.86 bits per heavy atom. The van der Waals surface area contributed by atoms with Crippen LogP contribution in [0.15, 0.2) is 110 Å². The maximum Gasteiger partial charge on any atom is 0.338 e. The molecular formula is C32H24N4O7. The number of benzene rings is 3. The van der Waals surface area contributed by atoms with Crippen LogP contribution in [-0.4, -0.2) is 57.0 Å². The van der Waals surface area contributed by atoms with Gasteiger partial charge in [0.15, 0.2) is 24.1 Å². The number of imidazole rings is 1. The average Bonchev–Trinajstić information content (AvgIpc) is 3.75.